The summed E-state index contributed by atoms with van der Waals surface area (Å²) in [4.78, 5) is 24.9. The normalized spacial score (nSPS) is 17.8. The summed E-state index contributed by atoms with van der Waals surface area (Å²) >= 11 is 0. The molecule has 1 N–H and O–H groups in total. The standard InChI is InChI=1S/C21H29F3N2O4/c1-4-26(20(28)21(22,23)24)12-15-7-5-8-16(11-15)25-19(27)18(14(2)3)30-13-17-9-6-10-29-17/h5,7-8,11,14,17-18H,4,6,9-10,12-13H2,1-3H3,(H,25,27)/t17-,18+/m0/s1. The third-order valence-corrected chi connectivity index (χ3v) is 4.83. The van der Waals surface area contributed by atoms with Crippen molar-refractivity contribution >= 4 is 17.5 Å². The summed E-state index contributed by atoms with van der Waals surface area (Å²) in [5, 5.41) is 2.76. The number of hydrogen-bond acceptors (Lipinski definition) is 4. The van der Waals surface area contributed by atoms with Crippen LogP contribution in [-0.2, 0) is 25.6 Å². The quantitative estimate of drug-likeness (QED) is 0.648. The summed E-state index contributed by atoms with van der Waals surface area (Å²) < 4.78 is 49.5. The first-order valence-electron chi connectivity index (χ1n) is 10.1. The lowest BCUT2D eigenvalue weighted by atomic mass is 10.1. The Morgan fingerprint density at radius 3 is 2.63 bits per heavy atom. The molecule has 0 aromatic heterocycles. The van der Waals surface area contributed by atoms with Crippen molar-refractivity contribution in [2.45, 2.75) is 58.5 Å². The van der Waals surface area contributed by atoms with E-state index < -0.39 is 18.2 Å². The molecule has 2 rings (SSSR count). The van der Waals surface area contributed by atoms with Gasteiger partial charge in [0, 0.05) is 25.4 Å². The summed E-state index contributed by atoms with van der Waals surface area (Å²) in [6.45, 7) is 5.97. The van der Waals surface area contributed by atoms with Gasteiger partial charge in [0.1, 0.15) is 6.10 Å². The molecule has 0 aliphatic carbocycles. The molecule has 0 saturated carbocycles. The largest absolute Gasteiger partial charge is 0.471 e. The zero-order valence-corrected chi connectivity index (χ0v) is 17.5. The molecule has 0 radical (unpaired) electrons. The number of nitrogens with one attached hydrogen (secondary N) is 1. The molecule has 0 unspecified atom stereocenters. The number of amides is 2. The van der Waals surface area contributed by atoms with Crippen LogP contribution in [0, 0.1) is 5.92 Å². The average molecular weight is 430 g/mol. The van der Waals surface area contributed by atoms with Crippen molar-refractivity contribution in [3.63, 3.8) is 0 Å². The minimum Gasteiger partial charge on any atom is -0.376 e. The maximum atomic E-state index is 12.7. The van der Waals surface area contributed by atoms with E-state index in [0.717, 1.165) is 12.8 Å². The van der Waals surface area contributed by atoms with Crippen molar-refractivity contribution in [3.8, 4) is 0 Å². The first-order chi connectivity index (χ1) is 14.1. The molecule has 1 aliphatic rings. The molecule has 0 spiro atoms. The van der Waals surface area contributed by atoms with E-state index in [1.54, 1.807) is 24.3 Å². The lowest BCUT2D eigenvalue weighted by Gasteiger charge is -2.23. The predicted octanol–water partition coefficient (Wildman–Crippen LogP) is 3.76. The van der Waals surface area contributed by atoms with E-state index in [2.05, 4.69) is 5.32 Å². The Kier molecular flexibility index (Phi) is 8.66. The molecule has 6 nitrogen and oxygen atoms in total. The van der Waals surface area contributed by atoms with Gasteiger partial charge < -0.3 is 19.7 Å². The van der Waals surface area contributed by atoms with Gasteiger partial charge >= 0.3 is 12.1 Å². The number of ether oxygens (including phenoxy) is 2. The summed E-state index contributed by atoms with van der Waals surface area (Å²) in [6, 6.07) is 6.42. The highest BCUT2D eigenvalue weighted by Crippen LogP contribution is 2.21. The summed E-state index contributed by atoms with van der Waals surface area (Å²) in [7, 11) is 0. The third-order valence-electron chi connectivity index (χ3n) is 4.83. The summed E-state index contributed by atoms with van der Waals surface area (Å²) in [5.41, 5.74) is 0.910. The maximum Gasteiger partial charge on any atom is 0.471 e. The number of carbonyl (C=O) groups excluding carboxylic acids is 2. The number of nitrogens with zero attached hydrogens (tertiary/aromatic N) is 1. The van der Waals surface area contributed by atoms with Gasteiger partial charge in [-0.25, -0.2) is 0 Å². The van der Waals surface area contributed by atoms with Crippen LogP contribution >= 0.6 is 0 Å². The fourth-order valence-electron chi connectivity index (χ4n) is 3.25. The van der Waals surface area contributed by atoms with Gasteiger partial charge in [-0.3, -0.25) is 9.59 Å². The van der Waals surface area contributed by atoms with Crippen LogP contribution in [0.4, 0.5) is 18.9 Å². The van der Waals surface area contributed by atoms with Crippen LogP contribution in [0.1, 0.15) is 39.2 Å². The minimum absolute atomic E-state index is 0.00595. The molecule has 2 amide bonds. The van der Waals surface area contributed by atoms with E-state index in [4.69, 9.17) is 9.47 Å². The van der Waals surface area contributed by atoms with Gasteiger partial charge in [-0.1, -0.05) is 26.0 Å². The number of carbonyl (C=O) groups is 2. The fraction of sp³-hybridized carbons (Fsp3) is 0.619. The maximum absolute atomic E-state index is 12.7. The SMILES string of the molecule is CCN(Cc1cccc(NC(=O)[C@H](OC[C@@H]2CCCO2)C(C)C)c1)C(=O)C(F)(F)F. The first-order valence-corrected chi connectivity index (χ1v) is 10.1. The van der Waals surface area contributed by atoms with Crippen LogP contribution in [0.5, 0.6) is 0 Å². The lowest BCUT2D eigenvalue weighted by molar-refractivity contribution is -0.185. The molecule has 9 heteroatoms. The van der Waals surface area contributed by atoms with E-state index in [1.807, 2.05) is 13.8 Å². The van der Waals surface area contributed by atoms with Crippen molar-refractivity contribution in [1.82, 2.24) is 4.90 Å². The van der Waals surface area contributed by atoms with Crippen LogP contribution in [0.15, 0.2) is 24.3 Å². The molecule has 1 aliphatic heterocycles. The Bertz CT molecular complexity index is 718. The second kappa shape index (κ2) is 10.8. The van der Waals surface area contributed by atoms with E-state index in [1.165, 1.54) is 6.92 Å². The number of anilines is 1. The average Bonchev–Trinajstić information content (AvgIpc) is 3.18. The molecule has 30 heavy (non-hydrogen) atoms. The smallest absolute Gasteiger partial charge is 0.376 e. The highest BCUT2D eigenvalue weighted by Gasteiger charge is 2.41. The first kappa shape index (κ1) is 24.1. The Labute approximate surface area is 174 Å². The molecule has 1 fully saturated rings. The zero-order chi connectivity index (χ0) is 22.3. The number of alkyl halides is 3. The third kappa shape index (κ3) is 6.98. The van der Waals surface area contributed by atoms with Crippen LogP contribution in [0.25, 0.3) is 0 Å². The topological polar surface area (TPSA) is 67.9 Å². The highest BCUT2D eigenvalue weighted by molar-refractivity contribution is 5.94. The summed E-state index contributed by atoms with van der Waals surface area (Å²) in [5.74, 6) is -2.30. The van der Waals surface area contributed by atoms with Crippen LogP contribution in [0.3, 0.4) is 0 Å². The van der Waals surface area contributed by atoms with E-state index in [0.29, 0.717) is 29.4 Å². The minimum atomic E-state index is -4.92. The van der Waals surface area contributed by atoms with Crippen molar-refractivity contribution in [1.29, 1.82) is 0 Å². The fourth-order valence-corrected chi connectivity index (χ4v) is 3.25. The monoisotopic (exact) mass is 430 g/mol. The molecule has 1 aromatic carbocycles. The Balaban J connectivity index is 2.01. The van der Waals surface area contributed by atoms with Gasteiger partial charge in [0.05, 0.1) is 12.7 Å². The molecular formula is C21H29F3N2O4. The van der Waals surface area contributed by atoms with Gasteiger partial charge in [-0.05, 0) is 43.4 Å². The number of hydrogen-bond donors (Lipinski definition) is 1. The van der Waals surface area contributed by atoms with Crippen LogP contribution in [0.2, 0.25) is 0 Å². The van der Waals surface area contributed by atoms with E-state index >= 15 is 0 Å². The molecule has 1 heterocycles. The number of halogens is 3. The zero-order valence-electron chi connectivity index (χ0n) is 17.5. The Morgan fingerprint density at radius 2 is 2.07 bits per heavy atom. The van der Waals surface area contributed by atoms with E-state index in [-0.39, 0.29) is 31.0 Å². The molecule has 1 aromatic rings. The van der Waals surface area contributed by atoms with Gasteiger partial charge in [0.2, 0.25) is 0 Å². The number of benzene rings is 1. The Morgan fingerprint density at radius 1 is 1.33 bits per heavy atom. The second-order valence-electron chi connectivity index (χ2n) is 7.64. The molecular weight excluding hydrogens is 401 g/mol. The van der Waals surface area contributed by atoms with Gasteiger partial charge in [0.15, 0.2) is 0 Å². The highest BCUT2D eigenvalue weighted by atomic mass is 19.4. The van der Waals surface area contributed by atoms with Gasteiger partial charge in [-0.2, -0.15) is 13.2 Å². The van der Waals surface area contributed by atoms with Crippen molar-refractivity contribution < 1.29 is 32.2 Å². The van der Waals surface area contributed by atoms with Crippen LogP contribution in [-0.4, -0.2) is 54.9 Å². The molecule has 2 atom stereocenters. The molecule has 168 valence electrons. The van der Waals surface area contributed by atoms with Crippen molar-refractivity contribution in [3.05, 3.63) is 29.8 Å². The van der Waals surface area contributed by atoms with Gasteiger partial charge in [-0.15, -0.1) is 0 Å². The van der Waals surface area contributed by atoms with E-state index in [9.17, 15) is 22.8 Å². The van der Waals surface area contributed by atoms with Crippen LogP contribution < -0.4 is 5.32 Å². The van der Waals surface area contributed by atoms with Gasteiger partial charge in [0.25, 0.3) is 5.91 Å². The van der Waals surface area contributed by atoms with Crippen molar-refractivity contribution in [2.24, 2.45) is 5.92 Å². The molecule has 1 saturated heterocycles. The van der Waals surface area contributed by atoms with Crippen molar-refractivity contribution in [2.75, 3.05) is 25.1 Å². The predicted molar refractivity (Wildman–Crippen MR) is 106 cm³/mol. The lowest BCUT2D eigenvalue weighted by Crippen LogP contribution is -2.40. The molecule has 0 bridgehead atoms. The number of rotatable bonds is 9. The summed E-state index contributed by atoms with van der Waals surface area (Å²) in [6.07, 6.45) is -3.73. The second-order valence-corrected chi connectivity index (χ2v) is 7.64. The Hall–Kier alpha value is -2.13.